The topological polar surface area (TPSA) is 38.3 Å². The highest BCUT2D eigenvalue weighted by molar-refractivity contribution is 5.75. The highest BCUT2D eigenvalue weighted by atomic mass is 16.5. The van der Waals surface area contributed by atoms with Gasteiger partial charge in [-0.1, -0.05) is 5.57 Å². The SMILES string of the molecule is CC(C)(C)C(=O)OCC=C1CCNCC1. The second-order valence-electron chi connectivity index (χ2n) is 4.96. The van der Waals surface area contributed by atoms with E-state index >= 15 is 0 Å². The third kappa shape index (κ3) is 4.47. The lowest BCUT2D eigenvalue weighted by Gasteiger charge is -2.17. The Morgan fingerprint density at radius 1 is 1.40 bits per heavy atom. The molecule has 15 heavy (non-hydrogen) atoms. The van der Waals surface area contributed by atoms with Gasteiger partial charge < -0.3 is 10.1 Å². The summed E-state index contributed by atoms with van der Waals surface area (Å²) in [4.78, 5) is 11.4. The minimum absolute atomic E-state index is 0.131. The van der Waals surface area contributed by atoms with Gasteiger partial charge in [0.15, 0.2) is 0 Å². The van der Waals surface area contributed by atoms with Crippen molar-refractivity contribution in [3.63, 3.8) is 0 Å². The fraction of sp³-hybridized carbons (Fsp3) is 0.750. The van der Waals surface area contributed by atoms with Crippen molar-refractivity contribution in [3.8, 4) is 0 Å². The van der Waals surface area contributed by atoms with Gasteiger partial charge in [-0.2, -0.15) is 0 Å². The van der Waals surface area contributed by atoms with Crippen molar-refractivity contribution < 1.29 is 9.53 Å². The lowest BCUT2D eigenvalue weighted by Crippen LogP contribution is -2.24. The maximum atomic E-state index is 11.4. The number of carbonyl (C=O) groups excluding carboxylic acids is 1. The average molecular weight is 211 g/mol. The van der Waals surface area contributed by atoms with E-state index in [-0.39, 0.29) is 5.97 Å². The van der Waals surface area contributed by atoms with E-state index in [1.54, 1.807) is 0 Å². The molecule has 0 aromatic heterocycles. The van der Waals surface area contributed by atoms with Crippen LogP contribution in [0.2, 0.25) is 0 Å². The molecule has 1 rings (SSSR count). The standard InChI is InChI=1S/C12H21NO2/c1-12(2,3)11(14)15-9-6-10-4-7-13-8-5-10/h6,13H,4-5,7-9H2,1-3H3. The van der Waals surface area contributed by atoms with Gasteiger partial charge >= 0.3 is 5.97 Å². The molecule has 3 heteroatoms. The van der Waals surface area contributed by atoms with Gasteiger partial charge in [0.1, 0.15) is 6.61 Å². The Hall–Kier alpha value is -0.830. The summed E-state index contributed by atoms with van der Waals surface area (Å²) in [6, 6.07) is 0. The molecule has 0 amide bonds. The number of hydrogen-bond acceptors (Lipinski definition) is 3. The molecule has 0 aromatic rings. The van der Waals surface area contributed by atoms with E-state index in [1.165, 1.54) is 5.57 Å². The Kier molecular flexibility index (Phi) is 4.33. The summed E-state index contributed by atoms with van der Waals surface area (Å²) in [6.45, 7) is 8.11. The number of rotatable bonds is 2. The van der Waals surface area contributed by atoms with Crippen molar-refractivity contribution in [3.05, 3.63) is 11.6 Å². The smallest absolute Gasteiger partial charge is 0.311 e. The fourth-order valence-electron chi connectivity index (χ4n) is 1.40. The molecule has 86 valence electrons. The van der Waals surface area contributed by atoms with Crippen molar-refractivity contribution in [2.75, 3.05) is 19.7 Å². The first-order valence-corrected chi connectivity index (χ1v) is 5.56. The van der Waals surface area contributed by atoms with Gasteiger partial charge in [0, 0.05) is 0 Å². The average Bonchev–Trinajstić information content (AvgIpc) is 2.18. The molecule has 1 fully saturated rings. The van der Waals surface area contributed by atoms with Gasteiger partial charge in [-0.25, -0.2) is 0 Å². The van der Waals surface area contributed by atoms with E-state index in [0.29, 0.717) is 6.61 Å². The van der Waals surface area contributed by atoms with Crippen LogP contribution in [0.1, 0.15) is 33.6 Å². The number of nitrogens with one attached hydrogen (secondary N) is 1. The van der Waals surface area contributed by atoms with Crippen LogP contribution in [0.5, 0.6) is 0 Å². The minimum Gasteiger partial charge on any atom is -0.461 e. The normalized spacial score (nSPS) is 17.4. The monoisotopic (exact) mass is 211 g/mol. The van der Waals surface area contributed by atoms with Gasteiger partial charge in [0.05, 0.1) is 5.41 Å². The van der Waals surface area contributed by atoms with Crippen LogP contribution in [-0.4, -0.2) is 25.7 Å². The Morgan fingerprint density at radius 2 is 2.00 bits per heavy atom. The first kappa shape index (κ1) is 12.2. The predicted octanol–water partition coefficient (Wildman–Crippen LogP) is 1.89. The minimum atomic E-state index is -0.396. The van der Waals surface area contributed by atoms with Crippen LogP contribution >= 0.6 is 0 Å². The van der Waals surface area contributed by atoms with E-state index < -0.39 is 5.41 Å². The fourth-order valence-corrected chi connectivity index (χ4v) is 1.40. The van der Waals surface area contributed by atoms with Crippen LogP contribution < -0.4 is 5.32 Å². The molecule has 0 atom stereocenters. The Bertz CT molecular complexity index is 243. The van der Waals surface area contributed by atoms with Crippen molar-refractivity contribution in [1.29, 1.82) is 0 Å². The van der Waals surface area contributed by atoms with E-state index in [9.17, 15) is 4.79 Å². The summed E-state index contributed by atoms with van der Waals surface area (Å²) in [5, 5.41) is 3.29. The van der Waals surface area contributed by atoms with Crippen LogP contribution in [0.4, 0.5) is 0 Å². The first-order chi connectivity index (χ1) is 7.00. The van der Waals surface area contributed by atoms with Crippen LogP contribution in [-0.2, 0) is 9.53 Å². The van der Waals surface area contributed by atoms with Crippen molar-refractivity contribution in [2.24, 2.45) is 5.41 Å². The zero-order valence-corrected chi connectivity index (χ0v) is 9.93. The summed E-state index contributed by atoms with van der Waals surface area (Å²) >= 11 is 0. The zero-order chi connectivity index (χ0) is 11.3. The second-order valence-corrected chi connectivity index (χ2v) is 4.96. The summed E-state index contributed by atoms with van der Waals surface area (Å²) in [7, 11) is 0. The summed E-state index contributed by atoms with van der Waals surface area (Å²) < 4.78 is 5.17. The number of ether oxygens (including phenoxy) is 1. The molecule has 0 unspecified atom stereocenters. The van der Waals surface area contributed by atoms with Crippen LogP contribution in [0, 0.1) is 5.41 Å². The molecule has 0 aliphatic carbocycles. The quantitative estimate of drug-likeness (QED) is 0.560. The Labute approximate surface area is 91.9 Å². The highest BCUT2D eigenvalue weighted by Crippen LogP contribution is 2.15. The summed E-state index contributed by atoms with van der Waals surface area (Å²) in [5.41, 5.74) is 1.00. The van der Waals surface area contributed by atoms with Crippen molar-refractivity contribution in [2.45, 2.75) is 33.6 Å². The molecule has 0 aromatic carbocycles. The number of esters is 1. The van der Waals surface area contributed by atoms with Gasteiger partial charge in [0.25, 0.3) is 0 Å². The van der Waals surface area contributed by atoms with Crippen LogP contribution in [0.3, 0.4) is 0 Å². The molecule has 1 saturated heterocycles. The predicted molar refractivity (Wildman–Crippen MR) is 60.6 cm³/mol. The molecule has 0 spiro atoms. The second kappa shape index (κ2) is 5.31. The van der Waals surface area contributed by atoms with Gasteiger partial charge in [0.2, 0.25) is 0 Å². The maximum Gasteiger partial charge on any atom is 0.311 e. The molecule has 3 nitrogen and oxygen atoms in total. The first-order valence-electron chi connectivity index (χ1n) is 5.56. The number of carbonyl (C=O) groups is 1. The molecule has 0 bridgehead atoms. The maximum absolute atomic E-state index is 11.4. The van der Waals surface area contributed by atoms with Gasteiger partial charge in [-0.05, 0) is 52.8 Å². The molecule has 1 heterocycles. The van der Waals surface area contributed by atoms with E-state index in [0.717, 1.165) is 25.9 Å². The number of hydrogen-bond donors (Lipinski definition) is 1. The molecular weight excluding hydrogens is 190 g/mol. The van der Waals surface area contributed by atoms with E-state index in [2.05, 4.69) is 5.32 Å². The third-order valence-electron chi connectivity index (χ3n) is 2.44. The lowest BCUT2D eigenvalue weighted by molar-refractivity contribution is -0.151. The summed E-state index contributed by atoms with van der Waals surface area (Å²) in [5.74, 6) is -0.131. The summed E-state index contributed by atoms with van der Waals surface area (Å²) in [6.07, 6.45) is 4.20. The molecular formula is C12H21NO2. The molecule has 1 aliphatic heterocycles. The third-order valence-corrected chi connectivity index (χ3v) is 2.44. The van der Waals surface area contributed by atoms with E-state index in [4.69, 9.17) is 4.74 Å². The Balaban J connectivity index is 2.28. The molecule has 0 radical (unpaired) electrons. The van der Waals surface area contributed by atoms with Crippen LogP contribution in [0.15, 0.2) is 11.6 Å². The van der Waals surface area contributed by atoms with Crippen LogP contribution in [0.25, 0.3) is 0 Å². The van der Waals surface area contributed by atoms with Gasteiger partial charge in [-0.3, -0.25) is 4.79 Å². The van der Waals surface area contributed by atoms with Crippen molar-refractivity contribution >= 4 is 5.97 Å². The molecule has 0 saturated carbocycles. The Morgan fingerprint density at radius 3 is 2.53 bits per heavy atom. The van der Waals surface area contributed by atoms with Crippen molar-refractivity contribution in [1.82, 2.24) is 5.32 Å². The zero-order valence-electron chi connectivity index (χ0n) is 9.93. The molecule has 1 N–H and O–H groups in total. The van der Waals surface area contributed by atoms with Gasteiger partial charge in [-0.15, -0.1) is 0 Å². The molecule has 1 aliphatic rings. The highest BCUT2D eigenvalue weighted by Gasteiger charge is 2.22. The number of piperidine rings is 1. The van der Waals surface area contributed by atoms with E-state index in [1.807, 2.05) is 26.8 Å². The largest absolute Gasteiger partial charge is 0.461 e. The lowest BCUT2D eigenvalue weighted by atomic mass is 9.97.